The van der Waals surface area contributed by atoms with Crippen LogP contribution in [-0.2, 0) is 4.79 Å². The van der Waals surface area contributed by atoms with Crippen LogP contribution in [0.4, 0.5) is 0 Å². The highest BCUT2D eigenvalue weighted by Crippen LogP contribution is 2.68. The summed E-state index contributed by atoms with van der Waals surface area (Å²) in [7, 11) is 2.30. The summed E-state index contributed by atoms with van der Waals surface area (Å²) in [6.45, 7) is 15.8. The molecule has 1 amide bonds. The number of hydrogen-bond donors (Lipinski definition) is 1. The number of likely N-dealkylation sites (tertiary alicyclic amines) is 1. The summed E-state index contributed by atoms with van der Waals surface area (Å²) >= 11 is 0. The largest absolute Gasteiger partial charge is 1.00 e. The number of carbonyl (C=O) groups is 1. The number of quaternary nitrogens is 1. The molecule has 5 rings (SSSR count). The Kier molecular flexibility index (Phi) is 10.5. The Morgan fingerprint density at radius 2 is 1.56 bits per heavy atom. The second-order valence-corrected chi connectivity index (χ2v) is 16.5. The number of carbonyl (C=O) groups excluding carboxylic acids is 1. The van der Waals surface area contributed by atoms with Crippen molar-refractivity contribution < 1.29 is 33.3 Å². The van der Waals surface area contributed by atoms with Crippen LogP contribution < -0.4 is 29.3 Å². The highest BCUT2D eigenvalue weighted by atomic mass is 127. The fourth-order valence-electron chi connectivity index (χ4n) is 11.5. The van der Waals surface area contributed by atoms with Crippen molar-refractivity contribution in [1.29, 1.82) is 0 Å². The minimum Gasteiger partial charge on any atom is -1.00 e. The van der Waals surface area contributed by atoms with E-state index in [1.807, 2.05) is 0 Å². The molecular formula is C35H63IN2O. The van der Waals surface area contributed by atoms with Crippen LogP contribution in [0.3, 0.4) is 0 Å². The Bertz CT molecular complexity index is 823. The Morgan fingerprint density at radius 3 is 2.28 bits per heavy atom. The molecule has 5 fully saturated rings. The van der Waals surface area contributed by atoms with Crippen LogP contribution in [0.15, 0.2) is 0 Å². The van der Waals surface area contributed by atoms with Gasteiger partial charge in [-0.15, -0.1) is 0 Å². The van der Waals surface area contributed by atoms with Gasteiger partial charge in [-0.2, -0.15) is 0 Å². The molecule has 4 heteroatoms. The molecule has 5 aliphatic rings. The predicted molar refractivity (Wildman–Crippen MR) is 160 cm³/mol. The summed E-state index contributed by atoms with van der Waals surface area (Å²) in [5, 5.41) is 3.54. The molecule has 39 heavy (non-hydrogen) atoms. The van der Waals surface area contributed by atoms with Gasteiger partial charge in [0.2, 0.25) is 0 Å². The van der Waals surface area contributed by atoms with Crippen molar-refractivity contribution in [2.75, 3.05) is 26.7 Å². The third kappa shape index (κ3) is 6.57. The first-order valence-electron chi connectivity index (χ1n) is 17.2. The summed E-state index contributed by atoms with van der Waals surface area (Å²) in [5.41, 5.74) is 1.11. The number of amides is 1. The molecule has 4 aliphatic carbocycles. The molecule has 3 nitrogen and oxygen atoms in total. The van der Waals surface area contributed by atoms with Crippen molar-refractivity contribution in [3.63, 3.8) is 0 Å². The van der Waals surface area contributed by atoms with E-state index in [2.05, 4.69) is 47.0 Å². The maximum absolute atomic E-state index is 13.1. The first-order chi connectivity index (χ1) is 18.0. The number of fused-ring (bicyclic) bond motifs is 5. The molecule has 9 atom stereocenters. The van der Waals surface area contributed by atoms with E-state index in [4.69, 9.17) is 0 Å². The van der Waals surface area contributed by atoms with Gasteiger partial charge in [-0.1, -0.05) is 53.9 Å². The Balaban J connectivity index is 0.00000353. The minimum atomic E-state index is 0. The molecule has 1 saturated heterocycles. The monoisotopic (exact) mass is 654 g/mol. The SMILES string of the molecule is CC(C)CCC[C@@H](C)[C@H]1CC[C@H]2[C@@H]3CC[C@H]4C[C@@H](NC(=O)C[N+]5(C)CCCCC5)CC[C@]4(C)[C@H]3CC[C@]12C.[I-]. The number of rotatable bonds is 8. The lowest BCUT2D eigenvalue weighted by molar-refractivity contribution is -0.906. The summed E-state index contributed by atoms with van der Waals surface area (Å²) in [5.74, 6) is 6.73. The topological polar surface area (TPSA) is 29.1 Å². The van der Waals surface area contributed by atoms with Crippen molar-refractivity contribution in [2.45, 2.75) is 137 Å². The molecule has 4 saturated carbocycles. The van der Waals surface area contributed by atoms with Crippen LogP contribution in [0, 0.1) is 52.3 Å². The Morgan fingerprint density at radius 1 is 0.872 bits per heavy atom. The molecule has 0 aromatic rings. The molecular weight excluding hydrogens is 591 g/mol. The molecule has 0 unspecified atom stereocenters. The van der Waals surface area contributed by atoms with E-state index in [-0.39, 0.29) is 24.0 Å². The van der Waals surface area contributed by atoms with Gasteiger partial charge in [0.05, 0.1) is 20.1 Å². The van der Waals surface area contributed by atoms with Crippen molar-refractivity contribution in [2.24, 2.45) is 52.3 Å². The maximum Gasteiger partial charge on any atom is 0.275 e. The highest BCUT2D eigenvalue weighted by molar-refractivity contribution is 5.77. The zero-order valence-electron chi connectivity index (χ0n) is 26.6. The predicted octanol–water partition coefficient (Wildman–Crippen LogP) is 5.23. The lowest BCUT2D eigenvalue weighted by Crippen LogP contribution is -3.00. The fraction of sp³-hybridized carbons (Fsp3) is 0.971. The van der Waals surface area contributed by atoms with E-state index < -0.39 is 0 Å². The average molecular weight is 655 g/mol. The van der Waals surface area contributed by atoms with Crippen LogP contribution in [0.25, 0.3) is 0 Å². The van der Waals surface area contributed by atoms with Gasteiger partial charge in [-0.05, 0) is 129 Å². The standard InChI is InChI=1S/C35H62N2O.HI/c1-25(2)11-10-12-26(3)30-15-16-31-29-14-13-27-23-28(36-33(38)24-37(6)21-8-7-9-22-37)17-19-34(27,4)32(29)18-20-35(30,31)5;/h25-32H,7-24H2,1-6H3;1H/t26-,27+,28+,29+,30-,31+,32+,34+,35-;/m1./s1. The smallest absolute Gasteiger partial charge is 0.275 e. The second-order valence-electron chi connectivity index (χ2n) is 16.5. The van der Waals surface area contributed by atoms with E-state index in [0.717, 1.165) is 45.9 Å². The van der Waals surface area contributed by atoms with Gasteiger partial charge < -0.3 is 33.8 Å². The first kappa shape index (κ1) is 32.1. The number of hydrogen-bond acceptors (Lipinski definition) is 1. The van der Waals surface area contributed by atoms with Crippen molar-refractivity contribution in [3.05, 3.63) is 0 Å². The average Bonchev–Trinajstić information content (AvgIpc) is 3.21. The van der Waals surface area contributed by atoms with Gasteiger partial charge in [0, 0.05) is 6.04 Å². The number of nitrogens with zero attached hydrogens (tertiary/aromatic N) is 1. The fourth-order valence-corrected chi connectivity index (χ4v) is 11.5. The molecule has 1 N–H and O–H groups in total. The van der Waals surface area contributed by atoms with Gasteiger partial charge in [0.1, 0.15) is 0 Å². The summed E-state index contributed by atoms with van der Waals surface area (Å²) < 4.78 is 0.959. The van der Waals surface area contributed by atoms with E-state index in [0.29, 0.717) is 29.3 Å². The van der Waals surface area contributed by atoms with Crippen LogP contribution in [-0.4, -0.2) is 43.1 Å². The van der Waals surface area contributed by atoms with Gasteiger partial charge in [0.15, 0.2) is 6.54 Å². The van der Waals surface area contributed by atoms with Crippen LogP contribution >= 0.6 is 0 Å². The summed E-state index contributed by atoms with van der Waals surface area (Å²) in [4.78, 5) is 13.1. The lowest BCUT2D eigenvalue weighted by atomic mass is 9.44. The second kappa shape index (κ2) is 12.8. The zero-order valence-corrected chi connectivity index (χ0v) is 28.7. The minimum absolute atomic E-state index is 0. The normalized spacial score (nSPS) is 42.0. The number of likely N-dealkylation sites (N-methyl/N-ethyl adjacent to an activating group) is 1. The summed E-state index contributed by atoms with van der Waals surface area (Å²) in [6.07, 6.45) is 20.8. The van der Waals surface area contributed by atoms with E-state index in [9.17, 15) is 4.79 Å². The Hall–Kier alpha value is 0.160. The van der Waals surface area contributed by atoms with E-state index >= 15 is 0 Å². The molecule has 1 aliphatic heterocycles. The highest BCUT2D eigenvalue weighted by Gasteiger charge is 2.60. The number of halogens is 1. The van der Waals surface area contributed by atoms with E-state index in [1.165, 1.54) is 109 Å². The third-order valence-electron chi connectivity index (χ3n) is 13.7. The molecule has 0 radical (unpaired) electrons. The van der Waals surface area contributed by atoms with Gasteiger partial charge >= 0.3 is 0 Å². The van der Waals surface area contributed by atoms with E-state index in [1.54, 1.807) is 0 Å². The maximum atomic E-state index is 13.1. The molecule has 1 heterocycles. The molecule has 0 aromatic heterocycles. The van der Waals surface area contributed by atoms with Crippen LogP contribution in [0.1, 0.15) is 131 Å². The molecule has 0 aromatic carbocycles. The number of piperidine rings is 1. The Labute approximate surface area is 259 Å². The van der Waals surface area contributed by atoms with Crippen molar-refractivity contribution in [3.8, 4) is 0 Å². The van der Waals surface area contributed by atoms with Gasteiger partial charge in [-0.3, -0.25) is 4.79 Å². The van der Waals surface area contributed by atoms with Crippen LogP contribution in [0.2, 0.25) is 0 Å². The molecule has 0 bridgehead atoms. The summed E-state index contributed by atoms with van der Waals surface area (Å²) in [6, 6.07) is 0.421. The quantitative estimate of drug-likeness (QED) is 0.282. The molecule has 226 valence electrons. The third-order valence-corrected chi connectivity index (χ3v) is 13.7. The molecule has 0 spiro atoms. The van der Waals surface area contributed by atoms with Crippen LogP contribution in [0.5, 0.6) is 0 Å². The lowest BCUT2D eigenvalue weighted by Gasteiger charge is -2.61. The van der Waals surface area contributed by atoms with Gasteiger partial charge in [-0.25, -0.2) is 0 Å². The first-order valence-corrected chi connectivity index (χ1v) is 17.2. The number of nitrogens with one attached hydrogen (secondary N) is 1. The van der Waals surface area contributed by atoms with Crippen molar-refractivity contribution in [1.82, 2.24) is 5.32 Å². The van der Waals surface area contributed by atoms with Crippen molar-refractivity contribution >= 4 is 5.91 Å². The van der Waals surface area contributed by atoms with Gasteiger partial charge in [0.25, 0.3) is 5.91 Å². The zero-order chi connectivity index (χ0) is 27.1.